The highest BCUT2D eigenvalue weighted by Gasteiger charge is 2.19. The maximum atomic E-state index is 13.7. The highest BCUT2D eigenvalue weighted by atomic mass is 35.5. The predicted molar refractivity (Wildman–Crippen MR) is 142 cm³/mol. The van der Waals surface area contributed by atoms with Gasteiger partial charge in [-0.1, -0.05) is 35.9 Å². The number of pyridine rings is 1. The van der Waals surface area contributed by atoms with Crippen molar-refractivity contribution in [2.75, 3.05) is 11.9 Å². The minimum absolute atomic E-state index is 0.00602. The molecule has 2 aromatic carbocycles. The summed E-state index contributed by atoms with van der Waals surface area (Å²) in [5.74, 6) is -1.17. The summed E-state index contributed by atoms with van der Waals surface area (Å²) in [4.78, 5) is 29.8. The number of anilines is 1. The summed E-state index contributed by atoms with van der Waals surface area (Å²) in [6, 6.07) is 15.2. The van der Waals surface area contributed by atoms with Gasteiger partial charge in [0.15, 0.2) is 0 Å². The number of aryl methyl sites for hydroxylation is 1. The van der Waals surface area contributed by atoms with E-state index in [-0.39, 0.29) is 33.3 Å². The van der Waals surface area contributed by atoms with Gasteiger partial charge in [-0.3, -0.25) is 14.6 Å². The third-order valence-electron chi connectivity index (χ3n) is 5.57. The molecule has 9 nitrogen and oxygen atoms in total. The van der Waals surface area contributed by atoms with Crippen molar-refractivity contribution in [2.45, 2.75) is 24.8 Å². The van der Waals surface area contributed by atoms with Crippen molar-refractivity contribution in [1.82, 2.24) is 19.5 Å². The maximum absolute atomic E-state index is 13.7. The van der Waals surface area contributed by atoms with Crippen LogP contribution in [0, 0.1) is 12.7 Å². The predicted octanol–water partition coefficient (Wildman–Crippen LogP) is 3.57. The van der Waals surface area contributed by atoms with E-state index in [0.29, 0.717) is 12.0 Å². The molecule has 4 rings (SSSR count). The molecular weight excluding hydrogens is 533 g/mol. The number of rotatable bonds is 9. The van der Waals surface area contributed by atoms with Crippen molar-refractivity contribution in [3.63, 3.8) is 0 Å². The second-order valence-electron chi connectivity index (χ2n) is 8.34. The summed E-state index contributed by atoms with van der Waals surface area (Å²) in [5.41, 5.74) is 1.04. The Morgan fingerprint density at radius 2 is 1.92 bits per heavy atom. The zero-order valence-corrected chi connectivity index (χ0v) is 21.8. The number of carbonyl (C=O) groups is 1. The Morgan fingerprint density at radius 1 is 1.11 bits per heavy atom. The first-order valence-electron chi connectivity index (χ1n) is 11.5. The van der Waals surface area contributed by atoms with E-state index in [4.69, 9.17) is 11.6 Å². The normalized spacial score (nSPS) is 11.3. The fraction of sp³-hybridized carbons (Fsp3) is 0.154. The number of nitrogens with zero attached hydrogens (tertiary/aromatic N) is 3. The quantitative estimate of drug-likeness (QED) is 0.325. The summed E-state index contributed by atoms with van der Waals surface area (Å²) < 4.78 is 42.9. The van der Waals surface area contributed by atoms with Crippen molar-refractivity contribution >= 4 is 33.2 Å². The van der Waals surface area contributed by atoms with E-state index in [9.17, 15) is 22.4 Å². The third-order valence-corrected chi connectivity index (χ3v) is 7.45. The summed E-state index contributed by atoms with van der Waals surface area (Å²) in [7, 11) is -3.87. The Kier molecular flexibility index (Phi) is 8.30. The number of hydrogen-bond donors (Lipinski definition) is 2. The molecule has 1 amide bonds. The lowest BCUT2D eigenvalue weighted by Gasteiger charge is -2.13. The van der Waals surface area contributed by atoms with Gasteiger partial charge in [0.05, 0.1) is 21.7 Å². The number of benzene rings is 2. The molecule has 0 atom stereocenters. The topological polar surface area (TPSA) is 123 Å². The molecule has 4 aromatic rings. The van der Waals surface area contributed by atoms with Gasteiger partial charge in [0.2, 0.25) is 15.9 Å². The van der Waals surface area contributed by atoms with E-state index < -0.39 is 33.9 Å². The zero-order valence-electron chi connectivity index (χ0n) is 20.2. The molecule has 196 valence electrons. The minimum atomic E-state index is -3.87. The maximum Gasteiger partial charge on any atom is 0.276 e. The standard InChI is InChI=1S/C26H23ClFN5O4S/c1-17-8-9-21(14-23(17)38(36,37)31-12-10-20-7-2-3-11-29-20)32-24(34)16-33-26(35)25(22(27)15-30-33)18-5-4-6-19(28)13-18/h2-9,11,13-15,31H,10,12,16H2,1H3,(H,32,34). The summed E-state index contributed by atoms with van der Waals surface area (Å²) in [6.45, 7) is 1.31. The summed E-state index contributed by atoms with van der Waals surface area (Å²) >= 11 is 6.14. The van der Waals surface area contributed by atoms with E-state index >= 15 is 0 Å². The molecule has 2 aromatic heterocycles. The van der Waals surface area contributed by atoms with E-state index in [1.165, 1.54) is 30.5 Å². The number of aromatic nitrogens is 3. The molecule has 2 N–H and O–H groups in total. The molecule has 0 saturated heterocycles. The molecule has 0 unspecified atom stereocenters. The van der Waals surface area contributed by atoms with Crippen LogP contribution in [0.15, 0.2) is 82.7 Å². The number of nitrogens with one attached hydrogen (secondary N) is 2. The van der Waals surface area contributed by atoms with Gasteiger partial charge in [0.25, 0.3) is 5.56 Å². The molecule has 0 saturated carbocycles. The highest BCUT2D eigenvalue weighted by Crippen LogP contribution is 2.24. The Morgan fingerprint density at radius 3 is 2.66 bits per heavy atom. The Bertz CT molecular complexity index is 1650. The molecule has 38 heavy (non-hydrogen) atoms. The molecule has 0 aliphatic rings. The van der Waals surface area contributed by atoms with Gasteiger partial charge in [0.1, 0.15) is 12.4 Å². The molecule has 0 aliphatic carbocycles. The number of halogens is 2. The molecule has 12 heteroatoms. The minimum Gasteiger partial charge on any atom is -0.324 e. The number of hydrogen-bond acceptors (Lipinski definition) is 6. The van der Waals surface area contributed by atoms with Gasteiger partial charge in [-0.05, 0) is 54.4 Å². The van der Waals surface area contributed by atoms with Crippen LogP contribution in [0.1, 0.15) is 11.3 Å². The van der Waals surface area contributed by atoms with Crippen LogP contribution in [0.25, 0.3) is 11.1 Å². The van der Waals surface area contributed by atoms with Crippen molar-refractivity contribution < 1.29 is 17.6 Å². The van der Waals surface area contributed by atoms with Crippen molar-refractivity contribution in [1.29, 1.82) is 0 Å². The van der Waals surface area contributed by atoms with Gasteiger partial charge in [-0.2, -0.15) is 5.10 Å². The fourth-order valence-electron chi connectivity index (χ4n) is 3.73. The van der Waals surface area contributed by atoms with Crippen molar-refractivity contribution in [2.24, 2.45) is 0 Å². The van der Waals surface area contributed by atoms with E-state index in [0.717, 1.165) is 16.4 Å². The lowest BCUT2D eigenvalue weighted by Crippen LogP contribution is -2.30. The second-order valence-corrected chi connectivity index (χ2v) is 10.5. The first-order chi connectivity index (χ1) is 18.1. The van der Waals surface area contributed by atoms with Crippen LogP contribution in [0.4, 0.5) is 10.1 Å². The SMILES string of the molecule is Cc1ccc(NC(=O)Cn2ncc(Cl)c(-c3cccc(F)c3)c2=O)cc1S(=O)(=O)NCCc1ccccn1. The Labute approximate surface area is 223 Å². The second kappa shape index (κ2) is 11.6. The number of carbonyl (C=O) groups excluding carboxylic acids is 1. The first-order valence-corrected chi connectivity index (χ1v) is 13.3. The van der Waals surface area contributed by atoms with E-state index in [1.54, 1.807) is 37.4 Å². The van der Waals surface area contributed by atoms with Crippen LogP contribution in [0.2, 0.25) is 5.02 Å². The van der Waals surface area contributed by atoms with Gasteiger partial charge < -0.3 is 5.32 Å². The van der Waals surface area contributed by atoms with Crippen molar-refractivity contribution in [3.8, 4) is 11.1 Å². The molecule has 0 radical (unpaired) electrons. The summed E-state index contributed by atoms with van der Waals surface area (Å²) in [6.07, 6.45) is 3.25. The lowest BCUT2D eigenvalue weighted by molar-refractivity contribution is -0.117. The fourth-order valence-corrected chi connectivity index (χ4v) is 5.26. The summed E-state index contributed by atoms with van der Waals surface area (Å²) in [5, 5.41) is 6.51. The van der Waals surface area contributed by atoms with Gasteiger partial charge in [0, 0.05) is 30.5 Å². The molecule has 2 heterocycles. The number of amides is 1. The average molecular weight is 556 g/mol. The molecular formula is C26H23ClFN5O4S. The van der Waals surface area contributed by atoms with Crippen LogP contribution in [-0.4, -0.2) is 35.6 Å². The number of sulfonamides is 1. The largest absolute Gasteiger partial charge is 0.324 e. The Hall–Kier alpha value is -3.93. The van der Waals surface area contributed by atoms with E-state index in [1.807, 2.05) is 6.07 Å². The van der Waals surface area contributed by atoms with Crippen LogP contribution in [0.3, 0.4) is 0 Å². The molecule has 0 fully saturated rings. The van der Waals surface area contributed by atoms with Gasteiger partial charge in [-0.15, -0.1) is 0 Å². The van der Waals surface area contributed by atoms with Crippen LogP contribution < -0.4 is 15.6 Å². The third kappa shape index (κ3) is 6.49. The smallest absolute Gasteiger partial charge is 0.276 e. The van der Waals surface area contributed by atoms with Crippen LogP contribution in [0.5, 0.6) is 0 Å². The van der Waals surface area contributed by atoms with E-state index in [2.05, 4.69) is 20.1 Å². The monoisotopic (exact) mass is 555 g/mol. The molecule has 0 bridgehead atoms. The van der Waals surface area contributed by atoms with Crippen LogP contribution >= 0.6 is 11.6 Å². The Balaban J connectivity index is 1.48. The van der Waals surface area contributed by atoms with Gasteiger partial charge in [-0.25, -0.2) is 22.2 Å². The lowest BCUT2D eigenvalue weighted by atomic mass is 10.1. The zero-order chi connectivity index (χ0) is 27.3. The highest BCUT2D eigenvalue weighted by molar-refractivity contribution is 7.89. The molecule has 0 aliphatic heterocycles. The average Bonchev–Trinajstić information content (AvgIpc) is 2.87. The first kappa shape index (κ1) is 27.1. The van der Waals surface area contributed by atoms with Crippen molar-refractivity contribution in [3.05, 3.63) is 106 Å². The van der Waals surface area contributed by atoms with Crippen LogP contribution in [-0.2, 0) is 27.8 Å². The van der Waals surface area contributed by atoms with Gasteiger partial charge >= 0.3 is 0 Å². The molecule has 0 spiro atoms.